The number of hydrogen-bond donors (Lipinski definition) is 1. The van der Waals surface area contributed by atoms with Crippen molar-refractivity contribution in [3.05, 3.63) is 82.5 Å². The first-order chi connectivity index (χ1) is 14.3. The van der Waals surface area contributed by atoms with Crippen molar-refractivity contribution < 1.29 is 19.1 Å². The Morgan fingerprint density at radius 2 is 1.73 bits per heavy atom. The SMILES string of the molecule is CC1(C)OC(=O)C(=CNc2ccc3ncn(Cc4ccccc4)c(=O)c3c2)C(=O)O1. The van der Waals surface area contributed by atoms with Gasteiger partial charge in [-0.15, -0.1) is 0 Å². The topological polar surface area (TPSA) is 99.5 Å². The fourth-order valence-electron chi connectivity index (χ4n) is 3.08. The number of benzene rings is 2. The molecule has 1 aliphatic heterocycles. The van der Waals surface area contributed by atoms with Crippen molar-refractivity contribution in [1.82, 2.24) is 9.55 Å². The number of cyclic esters (lactones) is 2. The average Bonchev–Trinajstić information content (AvgIpc) is 2.70. The van der Waals surface area contributed by atoms with Crippen molar-refractivity contribution in [2.24, 2.45) is 0 Å². The Hall–Kier alpha value is -3.94. The Balaban J connectivity index is 1.61. The van der Waals surface area contributed by atoms with Crippen LogP contribution in [0.4, 0.5) is 5.69 Å². The maximum Gasteiger partial charge on any atom is 0.350 e. The maximum atomic E-state index is 12.9. The van der Waals surface area contributed by atoms with Crippen LogP contribution in [0.15, 0.2) is 71.4 Å². The molecule has 1 N–H and O–H groups in total. The second-order valence-electron chi connectivity index (χ2n) is 7.28. The predicted octanol–water partition coefficient (Wildman–Crippen LogP) is 2.58. The molecule has 30 heavy (non-hydrogen) atoms. The number of fused-ring (bicyclic) bond motifs is 1. The zero-order valence-corrected chi connectivity index (χ0v) is 16.4. The minimum Gasteiger partial charge on any atom is -0.419 e. The first-order valence-corrected chi connectivity index (χ1v) is 9.29. The molecule has 1 aliphatic rings. The molecule has 0 radical (unpaired) electrons. The number of anilines is 1. The van der Waals surface area contributed by atoms with Crippen molar-refractivity contribution in [2.75, 3.05) is 5.32 Å². The lowest BCUT2D eigenvalue weighted by Crippen LogP contribution is -2.42. The van der Waals surface area contributed by atoms with E-state index in [2.05, 4.69) is 10.3 Å². The van der Waals surface area contributed by atoms with Crippen LogP contribution in [0.1, 0.15) is 19.4 Å². The minimum absolute atomic E-state index is 0.196. The molecule has 0 amide bonds. The largest absolute Gasteiger partial charge is 0.419 e. The van der Waals surface area contributed by atoms with Gasteiger partial charge in [0.05, 0.1) is 23.8 Å². The molecule has 0 unspecified atom stereocenters. The molecule has 152 valence electrons. The normalized spacial score (nSPS) is 15.5. The third-order valence-electron chi connectivity index (χ3n) is 4.52. The molecule has 2 heterocycles. The molecule has 4 rings (SSSR count). The van der Waals surface area contributed by atoms with Crippen LogP contribution in [0.2, 0.25) is 0 Å². The van der Waals surface area contributed by atoms with Crippen molar-refractivity contribution in [3.8, 4) is 0 Å². The third-order valence-corrected chi connectivity index (χ3v) is 4.52. The fourth-order valence-corrected chi connectivity index (χ4v) is 3.08. The number of aromatic nitrogens is 2. The molecule has 1 fully saturated rings. The summed E-state index contributed by atoms with van der Waals surface area (Å²) in [5.74, 6) is -2.86. The molecule has 1 saturated heterocycles. The average molecular weight is 405 g/mol. The van der Waals surface area contributed by atoms with Crippen LogP contribution >= 0.6 is 0 Å². The molecule has 0 spiro atoms. The molecule has 0 bridgehead atoms. The van der Waals surface area contributed by atoms with Gasteiger partial charge in [0.2, 0.25) is 0 Å². The smallest absolute Gasteiger partial charge is 0.350 e. The minimum atomic E-state index is -1.30. The van der Waals surface area contributed by atoms with Gasteiger partial charge in [-0.25, -0.2) is 14.6 Å². The summed E-state index contributed by atoms with van der Waals surface area (Å²) in [5.41, 5.74) is 1.58. The van der Waals surface area contributed by atoms with E-state index in [1.54, 1.807) is 18.2 Å². The summed E-state index contributed by atoms with van der Waals surface area (Å²) in [6.45, 7) is 3.35. The number of hydrogen-bond acceptors (Lipinski definition) is 7. The highest BCUT2D eigenvalue weighted by Gasteiger charge is 2.38. The Kier molecular flexibility index (Phi) is 4.83. The molecule has 1 aromatic heterocycles. The summed E-state index contributed by atoms with van der Waals surface area (Å²) < 4.78 is 11.6. The Morgan fingerprint density at radius 1 is 1.03 bits per heavy atom. The van der Waals surface area contributed by atoms with Gasteiger partial charge in [0.15, 0.2) is 5.57 Å². The van der Waals surface area contributed by atoms with Gasteiger partial charge in [-0.3, -0.25) is 9.36 Å². The first-order valence-electron chi connectivity index (χ1n) is 9.29. The lowest BCUT2D eigenvalue weighted by atomic mass is 10.2. The van der Waals surface area contributed by atoms with Gasteiger partial charge < -0.3 is 14.8 Å². The second kappa shape index (κ2) is 7.47. The summed E-state index contributed by atoms with van der Waals surface area (Å²) in [6.07, 6.45) is 2.72. The van der Waals surface area contributed by atoms with Gasteiger partial charge in [0, 0.05) is 25.7 Å². The Morgan fingerprint density at radius 3 is 2.43 bits per heavy atom. The predicted molar refractivity (Wildman–Crippen MR) is 110 cm³/mol. The molecule has 0 aliphatic carbocycles. The van der Waals surface area contributed by atoms with E-state index in [0.717, 1.165) is 5.56 Å². The van der Waals surface area contributed by atoms with Gasteiger partial charge in [0.1, 0.15) is 0 Å². The number of ether oxygens (including phenoxy) is 2. The van der Waals surface area contributed by atoms with Crippen LogP contribution in [-0.2, 0) is 25.6 Å². The van der Waals surface area contributed by atoms with E-state index in [-0.39, 0.29) is 11.1 Å². The van der Waals surface area contributed by atoms with Crippen LogP contribution in [0.5, 0.6) is 0 Å². The number of rotatable bonds is 4. The van der Waals surface area contributed by atoms with Crippen LogP contribution in [0, 0.1) is 0 Å². The van der Waals surface area contributed by atoms with Gasteiger partial charge in [-0.2, -0.15) is 0 Å². The van der Waals surface area contributed by atoms with Crippen LogP contribution < -0.4 is 10.9 Å². The Labute approximate surface area is 171 Å². The molecule has 2 aromatic carbocycles. The highest BCUT2D eigenvalue weighted by Crippen LogP contribution is 2.23. The van der Waals surface area contributed by atoms with E-state index in [9.17, 15) is 14.4 Å². The van der Waals surface area contributed by atoms with Gasteiger partial charge in [-0.1, -0.05) is 30.3 Å². The molecule has 8 nitrogen and oxygen atoms in total. The zero-order chi connectivity index (χ0) is 21.3. The van der Waals surface area contributed by atoms with Crippen molar-refractivity contribution in [3.63, 3.8) is 0 Å². The van der Waals surface area contributed by atoms with Gasteiger partial charge in [0.25, 0.3) is 11.3 Å². The maximum absolute atomic E-state index is 12.9. The standard InChI is InChI=1S/C22H19N3O5/c1-22(2)29-20(27)17(21(28)30-22)11-23-15-8-9-18-16(10-15)19(26)25(13-24-18)12-14-6-4-3-5-7-14/h3-11,13,23H,12H2,1-2H3. The number of carbonyl (C=O) groups is 2. The number of nitrogens with zero attached hydrogens (tertiary/aromatic N) is 2. The highest BCUT2D eigenvalue weighted by atomic mass is 16.7. The Bertz CT molecular complexity index is 1210. The second-order valence-corrected chi connectivity index (χ2v) is 7.28. The van der Waals surface area contributed by atoms with Gasteiger partial charge >= 0.3 is 11.9 Å². The number of nitrogens with one attached hydrogen (secondary N) is 1. The molecule has 3 aromatic rings. The highest BCUT2D eigenvalue weighted by molar-refractivity contribution is 6.15. The van der Waals surface area contributed by atoms with Crippen molar-refractivity contribution >= 4 is 28.5 Å². The first kappa shape index (κ1) is 19.4. The van der Waals surface area contributed by atoms with E-state index < -0.39 is 17.7 Å². The lowest BCUT2D eigenvalue weighted by molar-refractivity contribution is -0.222. The molecular weight excluding hydrogens is 386 g/mol. The van der Waals surface area contributed by atoms with Crippen molar-refractivity contribution in [1.29, 1.82) is 0 Å². The number of carbonyl (C=O) groups excluding carboxylic acids is 2. The monoisotopic (exact) mass is 405 g/mol. The molecule has 8 heteroatoms. The zero-order valence-electron chi connectivity index (χ0n) is 16.4. The van der Waals surface area contributed by atoms with E-state index in [4.69, 9.17) is 9.47 Å². The molecule has 0 saturated carbocycles. The number of esters is 2. The summed E-state index contributed by atoms with van der Waals surface area (Å²) in [7, 11) is 0. The van der Waals surface area contributed by atoms with E-state index >= 15 is 0 Å². The summed E-state index contributed by atoms with van der Waals surface area (Å²) in [5, 5.41) is 3.26. The summed E-state index contributed by atoms with van der Waals surface area (Å²) in [6, 6.07) is 14.6. The molecular formula is C22H19N3O5. The fraction of sp³-hybridized carbons (Fsp3) is 0.182. The summed E-state index contributed by atoms with van der Waals surface area (Å²) >= 11 is 0. The lowest BCUT2D eigenvalue weighted by Gasteiger charge is -2.29. The van der Waals surface area contributed by atoms with E-state index in [1.165, 1.54) is 30.9 Å². The summed E-state index contributed by atoms with van der Waals surface area (Å²) in [4.78, 5) is 41.3. The molecule has 0 atom stereocenters. The van der Waals surface area contributed by atoms with Gasteiger partial charge in [-0.05, 0) is 23.8 Å². The van der Waals surface area contributed by atoms with E-state index in [0.29, 0.717) is 23.1 Å². The van der Waals surface area contributed by atoms with Crippen LogP contribution in [0.25, 0.3) is 10.9 Å². The van der Waals surface area contributed by atoms with Crippen LogP contribution in [-0.4, -0.2) is 27.3 Å². The van der Waals surface area contributed by atoms with Crippen molar-refractivity contribution in [2.45, 2.75) is 26.2 Å². The quantitative estimate of drug-likeness (QED) is 0.405. The van der Waals surface area contributed by atoms with E-state index in [1.807, 2.05) is 30.3 Å². The van der Waals surface area contributed by atoms with Crippen LogP contribution in [0.3, 0.4) is 0 Å². The third kappa shape index (κ3) is 3.93.